The van der Waals surface area contributed by atoms with E-state index in [1.165, 1.54) is 17.5 Å². The molecule has 0 unspecified atom stereocenters. The average Bonchev–Trinajstić information content (AvgIpc) is 3.09. The Bertz CT molecular complexity index is 576. The third-order valence-corrected chi connectivity index (χ3v) is 4.19. The van der Waals surface area contributed by atoms with E-state index in [9.17, 15) is 0 Å². The molecule has 5 heteroatoms. The lowest BCUT2D eigenvalue weighted by Gasteiger charge is -2.31. The lowest BCUT2D eigenvalue weighted by atomic mass is 9.91. The van der Waals surface area contributed by atoms with Gasteiger partial charge < -0.3 is 14.5 Å². The SMILES string of the molecule is Cc1occc1CNC[C@@H]1CCCO[C@H]1c1cnn(C)c1. The minimum atomic E-state index is 0.158. The summed E-state index contributed by atoms with van der Waals surface area (Å²) < 4.78 is 13.2. The first-order chi connectivity index (χ1) is 10.2. The van der Waals surface area contributed by atoms with Crippen molar-refractivity contribution in [3.05, 3.63) is 41.6 Å². The Hall–Kier alpha value is -1.59. The highest BCUT2D eigenvalue weighted by Crippen LogP contribution is 2.32. The van der Waals surface area contributed by atoms with Gasteiger partial charge in [-0.3, -0.25) is 4.68 Å². The number of rotatable bonds is 5. The van der Waals surface area contributed by atoms with Gasteiger partial charge in [-0.1, -0.05) is 0 Å². The summed E-state index contributed by atoms with van der Waals surface area (Å²) in [5.41, 5.74) is 2.41. The zero-order valence-corrected chi connectivity index (χ0v) is 12.7. The molecule has 0 radical (unpaired) electrons. The molecule has 0 saturated carbocycles. The van der Waals surface area contributed by atoms with Crippen LogP contribution in [0.4, 0.5) is 0 Å². The maximum Gasteiger partial charge on any atom is 0.105 e. The van der Waals surface area contributed by atoms with Gasteiger partial charge in [0.05, 0.1) is 18.6 Å². The highest BCUT2D eigenvalue weighted by molar-refractivity contribution is 5.15. The number of aryl methyl sites for hydroxylation is 2. The molecule has 2 aromatic rings. The maximum atomic E-state index is 5.99. The van der Waals surface area contributed by atoms with E-state index in [4.69, 9.17) is 9.15 Å². The second-order valence-corrected chi connectivity index (χ2v) is 5.77. The fraction of sp³-hybridized carbons (Fsp3) is 0.562. The van der Waals surface area contributed by atoms with Crippen LogP contribution in [0.5, 0.6) is 0 Å². The molecule has 0 bridgehead atoms. The van der Waals surface area contributed by atoms with Crippen molar-refractivity contribution >= 4 is 0 Å². The molecule has 0 aliphatic carbocycles. The first-order valence-electron chi connectivity index (χ1n) is 7.58. The molecular weight excluding hydrogens is 266 g/mol. The standard InChI is InChI=1S/C16H23N3O2/c1-12-13(5-7-20-12)8-17-9-14-4-3-6-21-16(14)15-10-18-19(2)11-15/h5,7,10-11,14,16-17H,3-4,6,8-9H2,1-2H3/t14-,16+/m0/s1. The Kier molecular flexibility index (Phi) is 4.41. The zero-order chi connectivity index (χ0) is 14.7. The van der Waals surface area contributed by atoms with Gasteiger partial charge in [0.15, 0.2) is 0 Å². The summed E-state index contributed by atoms with van der Waals surface area (Å²) in [5, 5.41) is 7.80. The molecule has 2 atom stereocenters. The van der Waals surface area contributed by atoms with E-state index in [0.29, 0.717) is 5.92 Å². The largest absolute Gasteiger partial charge is 0.469 e. The van der Waals surface area contributed by atoms with E-state index in [1.807, 2.05) is 30.9 Å². The molecule has 1 saturated heterocycles. The first-order valence-corrected chi connectivity index (χ1v) is 7.58. The van der Waals surface area contributed by atoms with Crippen LogP contribution >= 0.6 is 0 Å². The molecule has 1 N–H and O–H groups in total. The molecule has 0 amide bonds. The van der Waals surface area contributed by atoms with Crippen LogP contribution in [0.1, 0.15) is 35.8 Å². The van der Waals surface area contributed by atoms with Crippen molar-refractivity contribution in [1.82, 2.24) is 15.1 Å². The number of ether oxygens (including phenoxy) is 1. The molecule has 0 aromatic carbocycles. The normalized spacial score (nSPS) is 22.6. The highest BCUT2D eigenvalue weighted by Gasteiger charge is 2.28. The van der Waals surface area contributed by atoms with Crippen LogP contribution in [0.15, 0.2) is 29.1 Å². The molecule has 3 rings (SSSR count). The number of hydrogen-bond donors (Lipinski definition) is 1. The van der Waals surface area contributed by atoms with Gasteiger partial charge in [0.2, 0.25) is 0 Å². The minimum Gasteiger partial charge on any atom is -0.469 e. The Morgan fingerprint density at radius 1 is 1.48 bits per heavy atom. The quantitative estimate of drug-likeness (QED) is 0.919. The summed E-state index contributed by atoms with van der Waals surface area (Å²) in [5.74, 6) is 1.49. The van der Waals surface area contributed by atoms with Gasteiger partial charge in [-0.25, -0.2) is 0 Å². The molecular formula is C16H23N3O2. The summed E-state index contributed by atoms with van der Waals surface area (Å²) in [6.45, 7) is 4.64. The predicted molar refractivity (Wildman–Crippen MR) is 79.8 cm³/mol. The van der Waals surface area contributed by atoms with Crippen LogP contribution < -0.4 is 5.32 Å². The van der Waals surface area contributed by atoms with E-state index in [-0.39, 0.29) is 6.10 Å². The molecule has 5 nitrogen and oxygen atoms in total. The van der Waals surface area contributed by atoms with Gasteiger partial charge in [-0.15, -0.1) is 0 Å². The number of hydrogen-bond acceptors (Lipinski definition) is 4. The third-order valence-electron chi connectivity index (χ3n) is 4.19. The molecule has 1 aliphatic rings. The maximum absolute atomic E-state index is 5.99. The van der Waals surface area contributed by atoms with E-state index in [2.05, 4.69) is 16.6 Å². The molecule has 0 spiro atoms. The topological polar surface area (TPSA) is 52.2 Å². The van der Waals surface area contributed by atoms with Crippen LogP contribution in [0.2, 0.25) is 0 Å². The van der Waals surface area contributed by atoms with Gasteiger partial charge in [-0.2, -0.15) is 5.10 Å². The summed E-state index contributed by atoms with van der Waals surface area (Å²) in [7, 11) is 1.95. The summed E-state index contributed by atoms with van der Waals surface area (Å²) >= 11 is 0. The van der Waals surface area contributed by atoms with Crippen molar-refractivity contribution in [2.45, 2.75) is 32.4 Å². The van der Waals surface area contributed by atoms with Gasteiger partial charge in [-0.05, 0) is 25.8 Å². The molecule has 3 heterocycles. The summed E-state index contributed by atoms with van der Waals surface area (Å²) in [4.78, 5) is 0. The van der Waals surface area contributed by atoms with Crippen molar-refractivity contribution in [3.63, 3.8) is 0 Å². The second-order valence-electron chi connectivity index (χ2n) is 5.77. The van der Waals surface area contributed by atoms with Crippen molar-refractivity contribution in [2.75, 3.05) is 13.2 Å². The number of furan rings is 1. The van der Waals surface area contributed by atoms with Crippen molar-refractivity contribution in [2.24, 2.45) is 13.0 Å². The van der Waals surface area contributed by atoms with E-state index in [0.717, 1.165) is 31.9 Å². The minimum absolute atomic E-state index is 0.158. The molecule has 1 fully saturated rings. The Morgan fingerprint density at radius 2 is 2.38 bits per heavy atom. The lowest BCUT2D eigenvalue weighted by molar-refractivity contribution is -0.0279. The summed E-state index contributed by atoms with van der Waals surface area (Å²) in [6, 6.07) is 2.03. The Labute approximate surface area is 125 Å². The van der Waals surface area contributed by atoms with Crippen molar-refractivity contribution < 1.29 is 9.15 Å². The number of nitrogens with zero attached hydrogens (tertiary/aromatic N) is 2. The first kappa shape index (κ1) is 14.4. The summed E-state index contributed by atoms with van der Waals surface area (Å²) in [6.07, 6.45) is 8.21. The van der Waals surface area contributed by atoms with Crippen LogP contribution in [0, 0.1) is 12.8 Å². The van der Waals surface area contributed by atoms with Gasteiger partial charge in [0.25, 0.3) is 0 Å². The Balaban J connectivity index is 1.58. The average molecular weight is 289 g/mol. The van der Waals surface area contributed by atoms with Gasteiger partial charge in [0, 0.05) is 50.0 Å². The molecule has 1 aliphatic heterocycles. The number of nitrogens with one attached hydrogen (secondary N) is 1. The predicted octanol–water partition coefficient (Wildman–Crippen LogP) is 2.58. The van der Waals surface area contributed by atoms with E-state index in [1.54, 1.807) is 6.26 Å². The molecule has 114 valence electrons. The monoisotopic (exact) mass is 289 g/mol. The van der Waals surface area contributed by atoms with Crippen LogP contribution in [-0.2, 0) is 18.3 Å². The fourth-order valence-corrected chi connectivity index (χ4v) is 2.99. The van der Waals surface area contributed by atoms with Gasteiger partial charge in [0.1, 0.15) is 5.76 Å². The fourth-order valence-electron chi connectivity index (χ4n) is 2.99. The zero-order valence-electron chi connectivity index (χ0n) is 12.7. The van der Waals surface area contributed by atoms with Crippen molar-refractivity contribution in [3.8, 4) is 0 Å². The van der Waals surface area contributed by atoms with Crippen molar-refractivity contribution in [1.29, 1.82) is 0 Å². The lowest BCUT2D eigenvalue weighted by Crippen LogP contribution is -2.31. The smallest absolute Gasteiger partial charge is 0.105 e. The third kappa shape index (κ3) is 3.36. The van der Waals surface area contributed by atoms with E-state index >= 15 is 0 Å². The van der Waals surface area contributed by atoms with E-state index < -0.39 is 0 Å². The van der Waals surface area contributed by atoms with Gasteiger partial charge >= 0.3 is 0 Å². The second kappa shape index (κ2) is 6.45. The molecule has 21 heavy (non-hydrogen) atoms. The number of aromatic nitrogens is 2. The van der Waals surface area contributed by atoms with Crippen LogP contribution in [0.25, 0.3) is 0 Å². The molecule has 2 aromatic heterocycles. The van der Waals surface area contributed by atoms with Crippen LogP contribution in [-0.4, -0.2) is 22.9 Å². The highest BCUT2D eigenvalue weighted by atomic mass is 16.5. The Morgan fingerprint density at radius 3 is 3.10 bits per heavy atom. The van der Waals surface area contributed by atoms with Crippen LogP contribution in [0.3, 0.4) is 0 Å².